The zero-order valence-corrected chi connectivity index (χ0v) is 8.89. The van der Waals surface area contributed by atoms with E-state index in [0.29, 0.717) is 18.7 Å². The number of nitrogens with zero attached hydrogens (tertiary/aromatic N) is 1. The first-order valence-corrected chi connectivity index (χ1v) is 5.30. The normalized spacial score (nSPS) is 20.8. The highest BCUT2D eigenvalue weighted by Crippen LogP contribution is 2.11. The summed E-state index contributed by atoms with van der Waals surface area (Å²) in [6.07, 6.45) is 3.07. The molecule has 2 N–H and O–H groups in total. The van der Waals surface area contributed by atoms with Gasteiger partial charge in [-0.1, -0.05) is 0 Å². The molecule has 1 aliphatic rings. The minimum Gasteiger partial charge on any atom is -0.430 e. The number of nitrogens with two attached hydrogens (primary N) is 1. The van der Waals surface area contributed by atoms with Crippen LogP contribution >= 0.6 is 0 Å². The second-order valence-corrected chi connectivity index (χ2v) is 4.00. The smallest absolute Gasteiger partial charge is 0.335 e. The van der Waals surface area contributed by atoms with Crippen molar-refractivity contribution in [3.05, 3.63) is 34.4 Å². The van der Waals surface area contributed by atoms with E-state index in [4.69, 9.17) is 5.73 Å². The lowest BCUT2D eigenvalue weighted by atomic mass is 10.1. The number of carbonyl (C=O) groups is 1. The Balaban J connectivity index is 2.12. The highest BCUT2D eigenvalue weighted by Gasteiger charge is 2.22. The van der Waals surface area contributed by atoms with Crippen LogP contribution in [0.5, 0.6) is 0 Å². The van der Waals surface area contributed by atoms with Gasteiger partial charge in [-0.25, -0.2) is 4.79 Å². The number of hydrogen-bond donors (Lipinski definition) is 1. The van der Waals surface area contributed by atoms with Crippen LogP contribution in [0.15, 0.2) is 27.6 Å². The molecule has 0 spiro atoms. The van der Waals surface area contributed by atoms with Crippen molar-refractivity contribution in [2.24, 2.45) is 5.73 Å². The Labute approximate surface area is 92.8 Å². The fourth-order valence-electron chi connectivity index (χ4n) is 1.86. The van der Waals surface area contributed by atoms with E-state index in [1.54, 1.807) is 4.90 Å². The van der Waals surface area contributed by atoms with Crippen molar-refractivity contribution >= 4 is 5.91 Å². The Morgan fingerprint density at radius 3 is 2.94 bits per heavy atom. The van der Waals surface area contributed by atoms with Crippen molar-refractivity contribution in [3.8, 4) is 0 Å². The van der Waals surface area contributed by atoms with Gasteiger partial charge in [0, 0.05) is 25.2 Å². The Morgan fingerprint density at radius 1 is 1.50 bits per heavy atom. The summed E-state index contributed by atoms with van der Waals surface area (Å²) >= 11 is 0. The molecule has 0 radical (unpaired) electrons. The van der Waals surface area contributed by atoms with Crippen molar-refractivity contribution in [1.29, 1.82) is 0 Å². The summed E-state index contributed by atoms with van der Waals surface area (Å²) < 4.78 is 4.66. The van der Waals surface area contributed by atoms with Crippen molar-refractivity contribution in [3.63, 3.8) is 0 Å². The van der Waals surface area contributed by atoms with E-state index >= 15 is 0 Å². The molecular formula is C11H14N2O3. The van der Waals surface area contributed by atoms with Crippen molar-refractivity contribution in [1.82, 2.24) is 4.90 Å². The fraction of sp³-hybridized carbons (Fsp3) is 0.455. The lowest BCUT2D eigenvalue weighted by molar-refractivity contribution is 0.0706. The quantitative estimate of drug-likeness (QED) is 0.736. The summed E-state index contributed by atoms with van der Waals surface area (Å²) in [7, 11) is 0. The van der Waals surface area contributed by atoms with Crippen molar-refractivity contribution in [2.45, 2.75) is 18.9 Å². The molecule has 1 saturated heterocycles. The van der Waals surface area contributed by atoms with Gasteiger partial charge in [0.1, 0.15) is 6.26 Å². The Hall–Kier alpha value is -1.62. The molecule has 0 unspecified atom stereocenters. The predicted octanol–water partition coefficient (Wildman–Crippen LogP) is 0.203. The van der Waals surface area contributed by atoms with Gasteiger partial charge in [-0.2, -0.15) is 0 Å². The Morgan fingerprint density at radius 2 is 2.31 bits per heavy atom. The lowest BCUT2D eigenvalue weighted by Gasteiger charge is -2.30. The van der Waals surface area contributed by atoms with Gasteiger partial charge in [0.2, 0.25) is 0 Å². The molecule has 0 bridgehead atoms. The zero-order valence-electron chi connectivity index (χ0n) is 8.89. The lowest BCUT2D eigenvalue weighted by Crippen LogP contribution is -2.45. The topological polar surface area (TPSA) is 76.5 Å². The van der Waals surface area contributed by atoms with Gasteiger partial charge in [0.25, 0.3) is 5.91 Å². The Bertz CT molecular complexity index is 421. The first-order valence-electron chi connectivity index (χ1n) is 5.30. The summed E-state index contributed by atoms with van der Waals surface area (Å²) in [5.41, 5.74) is 5.74. The van der Waals surface area contributed by atoms with Gasteiger partial charge in [0.05, 0.1) is 5.56 Å². The van der Waals surface area contributed by atoms with Gasteiger partial charge in [0.15, 0.2) is 0 Å². The molecule has 2 heterocycles. The first kappa shape index (κ1) is 10.9. The maximum Gasteiger partial charge on any atom is 0.335 e. The molecule has 16 heavy (non-hydrogen) atoms. The molecular weight excluding hydrogens is 208 g/mol. The van der Waals surface area contributed by atoms with Gasteiger partial charge >= 0.3 is 5.63 Å². The third kappa shape index (κ3) is 2.30. The number of piperidine rings is 1. The highest BCUT2D eigenvalue weighted by atomic mass is 16.4. The molecule has 5 nitrogen and oxygen atoms in total. The zero-order chi connectivity index (χ0) is 11.5. The second kappa shape index (κ2) is 4.49. The molecule has 5 heteroatoms. The second-order valence-electron chi connectivity index (χ2n) is 4.00. The van der Waals surface area contributed by atoms with Crippen LogP contribution in [-0.4, -0.2) is 29.9 Å². The molecule has 1 amide bonds. The van der Waals surface area contributed by atoms with Gasteiger partial charge < -0.3 is 15.1 Å². The predicted molar refractivity (Wildman–Crippen MR) is 58.1 cm³/mol. The number of likely N-dealkylation sites (tertiary alicyclic amines) is 1. The molecule has 2 rings (SSSR count). The maximum atomic E-state index is 12.0. The van der Waals surface area contributed by atoms with E-state index in [1.807, 2.05) is 0 Å². The van der Waals surface area contributed by atoms with E-state index in [2.05, 4.69) is 4.42 Å². The average Bonchev–Trinajstić information content (AvgIpc) is 2.29. The van der Waals surface area contributed by atoms with E-state index < -0.39 is 5.63 Å². The monoisotopic (exact) mass is 222 g/mol. The minimum atomic E-state index is -0.452. The van der Waals surface area contributed by atoms with Gasteiger partial charge in [-0.05, 0) is 18.9 Å². The summed E-state index contributed by atoms with van der Waals surface area (Å²) in [5.74, 6) is -0.126. The van der Waals surface area contributed by atoms with Crippen LogP contribution in [0.3, 0.4) is 0 Å². The van der Waals surface area contributed by atoms with Gasteiger partial charge in [-0.3, -0.25) is 4.79 Å². The largest absolute Gasteiger partial charge is 0.430 e. The van der Waals surface area contributed by atoms with E-state index in [-0.39, 0.29) is 11.9 Å². The number of hydrogen-bond acceptors (Lipinski definition) is 4. The molecule has 0 saturated carbocycles. The summed E-state index contributed by atoms with van der Waals surface area (Å²) in [5, 5.41) is 0. The summed E-state index contributed by atoms with van der Waals surface area (Å²) in [6.45, 7) is 1.28. The maximum absolute atomic E-state index is 12.0. The SMILES string of the molecule is N[C@@H]1CCCN(C(=O)c2ccc(=O)oc2)C1. The summed E-state index contributed by atoms with van der Waals surface area (Å²) in [6, 6.07) is 2.78. The Kier molecular flexibility index (Phi) is 3.05. The van der Waals surface area contributed by atoms with Crippen LogP contribution in [0.1, 0.15) is 23.2 Å². The van der Waals surface area contributed by atoms with Crippen LogP contribution in [0.2, 0.25) is 0 Å². The number of rotatable bonds is 1. The van der Waals surface area contributed by atoms with Crippen molar-refractivity contribution in [2.75, 3.05) is 13.1 Å². The third-order valence-electron chi connectivity index (χ3n) is 2.69. The third-order valence-corrected chi connectivity index (χ3v) is 2.69. The van der Waals surface area contributed by atoms with Crippen LogP contribution in [0.25, 0.3) is 0 Å². The molecule has 86 valence electrons. The van der Waals surface area contributed by atoms with E-state index in [1.165, 1.54) is 18.4 Å². The molecule has 1 aromatic heterocycles. The molecule has 1 atom stereocenters. The van der Waals surface area contributed by atoms with Crippen LogP contribution in [0.4, 0.5) is 0 Å². The molecule has 1 aliphatic heterocycles. The first-order chi connectivity index (χ1) is 7.66. The van der Waals surface area contributed by atoms with Crippen LogP contribution < -0.4 is 11.4 Å². The highest BCUT2D eigenvalue weighted by molar-refractivity contribution is 5.93. The molecule has 0 aromatic carbocycles. The summed E-state index contributed by atoms with van der Waals surface area (Å²) in [4.78, 5) is 24.4. The minimum absolute atomic E-state index is 0.0495. The standard InChI is InChI=1S/C11H14N2O3/c12-9-2-1-5-13(6-9)11(15)8-3-4-10(14)16-7-8/h3-4,7,9H,1-2,5-6,12H2/t9-/m1/s1. The van der Waals surface area contributed by atoms with E-state index in [0.717, 1.165) is 12.8 Å². The van der Waals surface area contributed by atoms with Crippen LogP contribution in [0, 0.1) is 0 Å². The molecule has 0 aliphatic carbocycles. The van der Waals surface area contributed by atoms with Gasteiger partial charge in [-0.15, -0.1) is 0 Å². The molecule has 1 fully saturated rings. The van der Waals surface area contributed by atoms with E-state index in [9.17, 15) is 9.59 Å². The average molecular weight is 222 g/mol. The molecule has 1 aromatic rings. The van der Waals surface area contributed by atoms with Crippen molar-refractivity contribution < 1.29 is 9.21 Å². The van der Waals surface area contributed by atoms with Crippen LogP contribution in [-0.2, 0) is 0 Å². The number of amides is 1. The fourth-order valence-corrected chi connectivity index (χ4v) is 1.86. The number of carbonyl (C=O) groups excluding carboxylic acids is 1.